The molecule has 1 unspecified atom stereocenters. The molecular formula is C27H31N5O4. The van der Waals surface area contributed by atoms with Gasteiger partial charge >= 0.3 is 0 Å². The summed E-state index contributed by atoms with van der Waals surface area (Å²) in [5.74, 6) is 1.07. The summed E-state index contributed by atoms with van der Waals surface area (Å²) in [5.41, 5.74) is 5.52. The zero-order valence-corrected chi connectivity index (χ0v) is 21.2. The first-order chi connectivity index (χ1) is 17.3. The summed E-state index contributed by atoms with van der Waals surface area (Å²) in [6.45, 7) is 9.68. The van der Waals surface area contributed by atoms with E-state index in [-0.39, 0.29) is 30.4 Å². The molecule has 5 heterocycles. The van der Waals surface area contributed by atoms with Gasteiger partial charge in [0.2, 0.25) is 17.7 Å². The maximum Gasteiger partial charge on any atom is 0.228 e. The number of rotatable bonds is 6. The Hall–Kier alpha value is -3.75. The molecular weight excluding hydrogens is 458 g/mol. The molecule has 1 atom stereocenters. The van der Waals surface area contributed by atoms with Crippen molar-refractivity contribution in [3.05, 3.63) is 58.7 Å². The van der Waals surface area contributed by atoms with E-state index in [0.717, 1.165) is 34.4 Å². The summed E-state index contributed by atoms with van der Waals surface area (Å²) in [7, 11) is 0. The van der Waals surface area contributed by atoms with E-state index in [9.17, 15) is 9.59 Å². The lowest BCUT2D eigenvalue weighted by Gasteiger charge is -2.31. The number of carbonyl (C=O) groups excluding carboxylic acids is 2. The Kier molecular flexibility index (Phi) is 6.47. The Morgan fingerprint density at radius 2 is 2.03 bits per heavy atom. The minimum Gasteiger partial charge on any atom is -0.473 e. The van der Waals surface area contributed by atoms with E-state index in [1.165, 1.54) is 0 Å². The van der Waals surface area contributed by atoms with Crippen molar-refractivity contribution >= 4 is 11.8 Å². The number of ether oxygens (including phenoxy) is 1. The van der Waals surface area contributed by atoms with Crippen LogP contribution in [0.2, 0.25) is 0 Å². The summed E-state index contributed by atoms with van der Waals surface area (Å²) in [4.78, 5) is 37.8. The predicted molar refractivity (Wildman–Crippen MR) is 132 cm³/mol. The molecule has 3 aromatic heterocycles. The van der Waals surface area contributed by atoms with Crippen molar-refractivity contribution in [1.82, 2.24) is 24.9 Å². The van der Waals surface area contributed by atoms with Crippen LogP contribution in [0.4, 0.5) is 0 Å². The van der Waals surface area contributed by atoms with Crippen molar-refractivity contribution in [1.29, 1.82) is 0 Å². The molecule has 3 aromatic rings. The number of aromatic nitrogens is 3. The number of fused-ring (bicyclic) bond motifs is 1. The molecule has 2 aliphatic rings. The van der Waals surface area contributed by atoms with Crippen LogP contribution in [0.1, 0.15) is 48.4 Å². The molecule has 9 nitrogen and oxygen atoms in total. The fourth-order valence-electron chi connectivity index (χ4n) is 4.88. The van der Waals surface area contributed by atoms with Crippen molar-refractivity contribution in [2.45, 2.75) is 59.7 Å². The van der Waals surface area contributed by atoms with Crippen LogP contribution in [-0.4, -0.2) is 55.9 Å². The van der Waals surface area contributed by atoms with Crippen molar-refractivity contribution in [2.75, 3.05) is 13.1 Å². The SMILES string of the molecule is Cc1ccc(-c2noc(C)c2COc2cc3c(cn2)CN(C(=O)C2CC(=O)N(C(C)C)C2)CC3)cn1. The third-order valence-corrected chi connectivity index (χ3v) is 7.05. The molecule has 0 aromatic carbocycles. The van der Waals surface area contributed by atoms with Crippen molar-refractivity contribution in [2.24, 2.45) is 5.92 Å². The van der Waals surface area contributed by atoms with E-state index in [4.69, 9.17) is 9.26 Å². The molecule has 9 heteroatoms. The molecule has 2 amide bonds. The predicted octanol–water partition coefficient (Wildman–Crippen LogP) is 3.47. The lowest BCUT2D eigenvalue weighted by molar-refractivity contribution is -0.136. The molecule has 5 rings (SSSR count). The summed E-state index contributed by atoms with van der Waals surface area (Å²) >= 11 is 0. The molecule has 36 heavy (non-hydrogen) atoms. The van der Waals surface area contributed by atoms with Gasteiger partial charge in [-0.3, -0.25) is 14.6 Å². The average Bonchev–Trinajstić information content (AvgIpc) is 3.44. The van der Waals surface area contributed by atoms with Crippen molar-refractivity contribution in [3.63, 3.8) is 0 Å². The van der Waals surface area contributed by atoms with Crippen LogP contribution < -0.4 is 4.74 Å². The molecule has 2 aliphatic heterocycles. The van der Waals surface area contributed by atoms with E-state index in [1.807, 2.05) is 50.8 Å². The number of aryl methyl sites for hydroxylation is 2. The molecule has 188 valence electrons. The van der Waals surface area contributed by atoms with Gasteiger partial charge in [-0.25, -0.2) is 4.98 Å². The van der Waals surface area contributed by atoms with E-state index in [1.54, 1.807) is 17.3 Å². The van der Waals surface area contributed by atoms with Crippen LogP contribution in [0.15, 0.2) is 35.1 Å². The largest absolute Gasteiger partial charge is 0.473 e. The maximum absolute atomic E-state index is 13.1. The Morgan fingerprint density at radius 1 is 1.19 bits per heavy atom. The first kappa shape index (κ1) is 24.0. The summed E-state index contributed by atoms with van der Waals surface area (Å²) in [6, 6.07) is 5.97. The van der Waals surface area contributed by atoms with Gasteiger partial charge in [-0.1, -0.05) is 5.16 Å². The van der Waals surface area contributed by atoms with Gasteiger partial charge in [0.1, 0.15) is 18.1 Å². The van der Waals surface area contributed by atoms with Gasteiger partial charge in [-0.05, 0) is 57.4 Å². The normalized spacial score (nSPS) is 17.6. The lowest BCUT2D eigenvalue weighted by atomic mass is 9.99. The minimum atomic E-state index is -0.262. The molecule has 0 N–H and O–H groups in total. The van der Waals surface area contributed by atoms with Gasteiger partial charge in [0.05, 0.1) is 11.5 Å². The monoisotopic (exact) mass is 489 g/mol. The van der Waals surface area contributed by atoms with Gasteiger partial charge in [-0.2, -0.15) is 0 Å². The van der Waals surface area contributed by atoms with Crippen LogP contribution in [-0.2, 0) is 29.2 Å². The fraction of sp³-hybridized carbons (Fsp3) is 0.444. The Labute approximate surface area is 210 Å². The number of amides is 2. The van der Waals surface area contributed by atoms with E-state index < -0.39 is 0 Å². The highest BCUT2D eigenvalue weighted by Gasteiger charge is 2.38. The molecule has 0 radical (unpaired) electrons. The second kappa shape index (κ2) is 9.72. The number of pyridine rings is 2. The molecule has 0 bridgehead atoms. The summed E-state index contributed by atoms with van der Waals surface area (Å²) < 4.78 is 11.5. The minimum absolute atomic E-state index is 0.0542. The Morgan fingerprint density at radius 3 is 2.75 bits per heavy atom. The van der Waals surface area contributed by atoms with E-state index >= 15 is 0 Å². The summed E-state index contributed by atoms with van der Waals surface area (Å²) in [6.07, 6.45) is 4.59. The van der Waals surface area contributed by atoms with E-state index in [0.29, 0.717) is 43.4 Å². The molecule has 1 fully saturated rings. The third kappa shape index (κ3) is 4.69. The van der Waals surface area contributed by atoms with Crippen molar-refractivity contribution in [3.8, 4) is 17.1 Å². The lowest BCUT2D eigenvalue weighted by Crippen LogP contribution is -2.41. The highest BCUT2D eigenvalue weighted by molar-refractivity contribution is 5.89. The zero-order valence-electron chi connectivity index (χ0n) is 21.2. The Bertz CT molecular complexity index is 1280. The second-order valence-electron chi connectivity index (χ2n) is 9.88. The van der Waals surface area contributed by atoms with E-state index in [2.05, 4.69) is 15.1 Å². The Balaban J connectivity index is 1.24. The van der Waals surface area contributed by atoms with Gasteiger partial charge < -0.3 is 19.1 Å². The number of nitrogens with zero attached hydrogens (tertiary/aromatic N) is 5. The highest BCUT2D eigenvalue weighted by Crippen LogP contribution is 2.29. The molecule has 0 aliphatic carbocycles. The standard InChI is InChI=1S/C27H31N5O4/c1-16(2)32-14-21(10-25(32)33)27(34)31-8-7-19-9-24(29-12-22(19)13-31)35-15-23-18(4)36-30-26(23)20-6-5-17(3)28-11-20/h5-6,9,11-12,16,21H,7-8,10,13-15H2,1-4H3. The van der Waals surface area contributed by atoms with Gasteiger partial charge in [0.15, 0.2) is 0 Å². The molecule has 0 saturated carbocycles. The molecule has 1 saturated heterocycles. The summed E-state index contributed by atoms with van der Waals surface area (Å²) in [5, 5.41) is 4.20. The first-order valence-electron chi connectivity index (χ1n) is 12.4. The number of hydrogen-bond donors (Lipinski definition) is 0. The number of carbonyl (C=O) groups is 2. The zero-order chi connectivity index (χ0) is 25.4. The fourth-order valence-corrected chi connectivity index (χ4v) is 4.88. The van der Waals surface area contributed by atoms with Gasteiger partial charge in [0.25, 0.3) is 0 Å². The smallest absolute Gasteiger partial charge is 0.228 e. The van der Waals surface area contributed by atoms with Crippen LogP contribution in [0.3, 0.4) is 0 Å². The van der Waals surface area contributed by atoms with Crippen LogP contribution in [0.25, 0.3) is 11.3 Å². The average molecular weight is 490 g/mol. The quantitative estimate of drug-likeness (QED) is 0.522. The van der Waals surface area contributed by atoms with Crippen molar-refractivity contribution < 1.29 is 18.8 Å². The second-order valence-corrected chi connectivity index (χ2v) is 9.88. The first-order valence-corrected chi connectivity index (χ1v) is 12.4. The maximum atomic E-state index is 13.1. The number of likely N-dealkylation sites (tertiary alicyclic amines) is 1. The van der Waals surface area contributed by atoms with Crippen LogP contribution >= 0.6 is 0 Å². The third-order valence-electron chi connectivity index (χ3n) is 7.05. The highest BCUT2D eigenvalue weighted by atomic mass is 16.5. The van der Waals surface area contributed by atoms with Gasteiger partial charge in [0, 0.05) is 61.8 Å². The number of hydrogen-bond acceptors (Lipinski definition) is 7. The van der Waals surface area contributed by atoms with Gasteiger partial charge in [-0.15, -0.1) is 0 Å². The molecule has 0 spiro atoms. The topological polar surface area (TPSA) is 102 Å². The van der Waals surface area contributed by atoms with Crippen LogP contribution in [0, 0.1) is 19.8 Å². The van der Waals surface area contributed by atoms with Crippen LogP contribution in [0.5, 0.6) is 5.88 Å².